The second kappa shape index (κ2) is 7.69. The molecule has 0 aliphatic carbocycles. The molecule has 0 spiro atoms. The number of rotatable bonds is 5. The molecule has 0 fully saturated rings. The summed E-state index contributed by atoms with van der Waals surface area (Å²) in [6.45, 7) is 1.32. The molecule has 0 atom stereocenters. The van der Waals surface area contributed by atoms with Gasteiger partial charge in [0.1, 0.15) is 5.82 Å². The molecule has 3 rings (SSSR count). The number of carbonyl (C=O) groups excluding carboxylic acids is 2. The molecule has 6 nitrogen and oxygen atoms in total. The smallest absolute Gasteiger partial charge is 0.331 e. The van der Waals surface area contributed by atoms with Gasteiger partial charge < -0.3 is 19.5 Å². The number of fused-ring (bicyclic) bond motifs is 1. The number of ether oxygens (including phenoxy) is 3. The number of carbonyl (C=O) groups is 2. The molecule has 0 aromatic heterocycles. The Morgan fingerprint density at radius 1 is 1.19 bits per heavy atom. The Kier molecular flexibility index (Phi) is 5.17. The van der Waals surface area contributed by atoms with Crippen LogP contribution in [0.15, 0.2) is 42.5 Å². The highest BCUT2D eigenvalue weighted by Crippen LogP contribution is 2.32. The number of halogens is 1. The Morgan fingerprint density at radius 2 is 2.00 bits per heavy atom. The highest BCUT2D eigenvalue weighted by molar-refractivity contribution is 5.94. The fraction of sp³-hybridized carbons (Fsp3) is 0.158. The maximum Gasteiger partial charge on any atom is 0.331 e. The molecule has 1 aliphatic heterocycles. The number of anilines is 1. The maximum atomic E-state index is 13.4. The van der Waals surface area contributed by atoms with Crippen LogP contribution in [0.25, 0.3) is 6.08 Å². The summed E-state index contributed by atoms with van der Waals surface area (Å²) in [6, 6.07) is 9.54. The third-order valence-corrected chi connectivity index (χ3v) is 3.61. The summed E-state index contributed by atoms with van der Waals surface area (Å²) in [5.41, 5.74) is 1.50. The first-order valence-electron chi connectivity index (χ1n) is 7.82. The second-order valence-electron chi connectivity index (χ2n) is 5.57. The van der Waals surface area contributed by atoms with Crippen molar-refractivity contribution >= 4 is 23.6 Å². The van der Waals surface area contributed by atoms with Crippen LogP contribution < -0.4 is 14.8 Å². The number of aryl methyl sites for hydroxylation is 1. The van der Waals surface area contributed by atoms with E-state index in [1.807, 2.05) is 0 Å². The zero-order valence-corrected chi connectivity index (χ0v) is 14.0. The van der Waals surface area contributed by atoms with E-state index >= 15 is 0 Å². The van der Waals surface area contributed by atoms with Crippen LogP contribution in [0.1, 0.15) is 11.1 Å². The van der Waals surface area contributed by atoms with Crippen LogP contribution in [0.3, 0.4) is 0 Å². The monoisotopic (exact) mass is 357 g/mol. The Labute approximate surface area is 149 Å². The van der Waals surface area contributed by atoms with E-state index in [0.29, 0.717) is 22.7 Å². The predicted molar refractivity (Wildman–Crippen MR) is 92.3 cm³/mol. The van der Waals surface area contributed by atoms with E-state index in [1.165, 1.54) is 18.2 Å². The van der Waals surface area contributed by atoms with Crippen molar-refractivity contribution in [2.24, 2.45) is 0 Å². The topological polar surface area (TPSA) is 73.9 Å². The van der Waals surface area contributed by atoms with E-state index in [9.17, 15) is 14.0 Å². The van der Waals surface area contributed by atoms with Gasteiger partial charge in [-0.3, -0.25) is 4.79 Å². The van der Waals surface area contributed by atoms with Crippen molar-refractivity contribution in [1.29, 1.82) is 0 Å². The molecular weight excluding hydrogens is 341 g/mol. The van der Waals surface area contributed by atoms with Crippen molar-refractivity contribution in [2.75, 3.05) is 18.7 Å². The lowest BCUT2D eigenvalue weighted by Crippen LogP contribution is -2.20. The van der Waals surface area contributed by atoms with Crippen molar-refractivity contribution in [3.8, 4) is 11.5 Å². The first-order valence-corrected chi connectivity index (χ1v) is 7.82. The van der Waals surface area contributed by atoms with Crippen molar-refractivity contribution < 1.29 is 28.2 Å². The SMILES string of the molecule is Cc1ccc(NC(=O)COC(=O)C=Cc2ccc3c(c2)OCO3)cc1F. The summed E-state index contributed by atoms with van der Waals surface area (Å²) in [6.07, 6.45) is 2.74. The quantitative estimate of drug-likeness (QED) is 0.658. The molecule has 0 radical (unpaired) electrons. The predicted octanol–water partition coefficient (Wildman–Crippen LogP) is 3.06. The van der Waals surface area contributed by atoms with Gasteiger partial charge in [0, 0.05) is 11.8 Å². The van der Waals surface area contributed by atoms with Crippen molar-refractivity contribution in [2.45, 2.75) is 6.92 Å². The second-order valence-corrected chi connectivity index (χ2v) is 5.57. The first-order chi connectivity index (χ1) is 12.5. The molecule has 2 aromatic carbocycles. The summed E-state index contributed by atoms with van der Waals surface area (Å²) in [4.78, 5) is 23.5. The summed E-state index contributed by atoms with van der Waals surface area (Å²) >= 11 is 0. The third kappa shape index (κ3) is 4.38. The van der Waals surface area contributed by atoms with Crippen LogP contribution >= 0.6 is 0 Å². The molecule has 1 heterocycles. The van der Waals surface area contributed by atoms with Gasteiger partial charge in [-0.2, -0.15) is 0 Å². The van der Waals surface area contributed by atoms with Gasteiger partial charge in [-0.1, -0.05) is 12.1 Å². The lowest BCUT2D eigenvalue weighted by atomic mass is 10.2. The highest BCUT2D eigenvalue weighted by Gasteiger charge is 2.12. The van der Waals surface area contributed by atoms with Gasteiger partial charge in [0.05, 0.1) is 0 Å². The molecule has 1 aliphatic rings. The van der Waals surface area contributed by atoms with Gasteiger partial charge in [0.15, 0.2) is 18.1 Å². The minimum Gasteiger partial charge on any atom is -0.454 e. The molecule has 0 bridgehead atoms. The molecular formula is C19H16FNO5. The Hall–Kier alpha value is -3.35. The minimum absolute atomic E-state index is 0.171. The van der Waals surface area contributed by atoms with Crippen LogP contribution in [0, 0.1) is 12.7 Å². The molecule has 0 unspecified atom stereocenters. The molecule has 1 amide bonds. The minimum atomic E-state index is -0.673. The average molecular weight is 357 g/mol. The molecule has 0 saturated carbocycles. The van der Waals surface area contributed by atoms with E-state index in [-0.39, 0.29) is 6.79 Å². The van der Waals surface area contributed by atoms with Crippen molar-refractivity contribution in [1.82, 2.24) is 0 Å². The van der Waals surface area contributed by atoms with Gasteiger partial charge in [-0.25, -0.2) is 9.18 Å². The summed E-state index contributed by atoms with van der Waals surface area (Å²) in [5.74, 6) is -0.406. The van der Waals surface area contributed by atoms with Crippen molar-refractivity contribution in [3.05, 3.63) is 59.4 Å². The molecule has 134 valence electrons. The molecule has 2 aromatic rings. The average Bonchev–Trinajstić information content (AvgIpc) is 3.09. The van der Waals surface area contributed by atoms with Crippen LogP contribution in [-0.4, -0.2) is 25.3 Å². The van der Waals surface area contributed by atoms with E-state index in [0.717, 1.165) is 5.56 Å². The fourth-order valence-electron chi connectivity index (χ4n) is 2.23. The molecule has 0 saturated heterocycles. The van der Waals surface area contributed by atoms with Gasteiger partial charge >= 0.3 is 5.97 Å². The molecule has 7 heteroatoms. The van der Waals surface area contributed by atoms with Crippen LogP contribution in [0.5, 0.6) is 11.5 Å². The van der Waals surface area contributed by atoms with E-state index in [1.54, 1.807) is 37.3 Å². The summed E-state index contributed by atoms with van der Waals surface area (Å²) in [5, 5.41) is 2.46. The Bertz CT molecular complexity index is 878. The lowest BCUT2D eigenvalue weighted by Gasteiger charge is -2.06. The number of nitrogens with one attached hydrogen (secondary N) is 1. The maximum absolute atomic E-state index is 13.4. The highest BCUT2D eigenvalue weighted by atomic mass is 19.1. The van der Waals surface area contributed by atoms with Crippen LogP contribution in [-0.2, 0) is 14.3 Å². The van der Waals surface area contributed by atoms with Crippen molar-refractivity contribution in [3.63, 3.8) is 0 Å². The summed E-state index contributed by atoms with van der Waals surface area (Å²) in [7, 11) is 0. The van der Waals surface area contributed by atoms with Crippen LogP contribution in [0.2, 0.25) is 0 Å². The zero-order valence-electron chi connectivity index (χ0n) is 14.0. The van der Waals surface area contributed by atoms with Crippen LogP contribution in [0.4, 0.5) is 10.1 Å². The molecule has 26 heavy (non-hydrogen) atoms. The fourth-order valence-corrected chi connectivity index (χ4v) is 2.23. The Balaban J connectivity index is 1.48. The lowest BCUT2D eigenvalue weighted by molar-refractivity contribution is -0.142. The Morgan fingerprint density at radius 3 is 2.81 bits per heavy atom. The van der Waals surface area contributed by atoms with E-state index < -0.39 is 24.3 Å². The number of hydrogen-bond acceptors (Lipinski definition) is 5. The number of benzene rings is 2. The van der Waals surface area contributed by atoms with E-state index in [2.05, 4.69) is 5.32 Å². The first kappa shape index (κ1) is 17.5. The zero-order chi connectivity index (χ0) is 18.5. The third-order valence-electron chi connectivity index (χ3n) is 3.61. The molecule has 1 N–H and O–H groups in total. The number of hydrogen-bond donors (Lipinski definition) is 1. The van der Waals surface area contributed by atoms with E-state index in [4.69, 9.17) is 14.2 Å². The van der Waals surface area contributed by atoms with Gasteiger partial charge in [-0.15, -0.1) is 0 Å². The number of amides is 1. The standard InChI is InChI=1S/C19H16FNO5/c1-12-2-5-14(9-15(12)20)21-18(22)10-24-19(23)7-4-13-3-6-16-17(8-13)26-11-25-16/h2-9H,10-11H2,1H3,(H,21,22). The number of esters is 1. The summed E-state index contributed by atoms with van der Waals surface area (Å²) < 4.78 is 28.7. The normalized spacial score (nSPS) is 12.2. The van der Waals surface area contributed by atoms with Gasteiger partial charge in [0.25, 0.3) is 5.91 Å². The van der Waals surface area contributed by atoms with Gasteiger partial charge in [0.2, 0.25) is 6.79 Å². The van der Waals surface area contributed by atoms with Gasteiger partial charge in [-0.05, 0) is 48.4 Å². The largest absolute Gasteiger partial charge is 0.454 e.